The average Bonchev–Trinajstić information content (AvgIpc) is 2.65. The van der Waals surface area contributed by atoms with E-state index in [-0.39, 0.29) is 16.6 Å². The molecule has 6 nitrogen and oxygen atoms in total. The van der Waals surface area contributed by atoms with E-state index in [0.717, 1.165) is 57.3 Å². The minimum absolute atomic E-state index is 0.0616. The van der Waals surface area contributed by atoms with Crippen LogP contribution in [0, 0.1) is 0 Å². The monoisotopic (exact) mass is 421 g/mol. The summed E-state index contributed by atoms with van der Waals surface area (Å²) in [4.78, 5) is 13.2. The lowest BCUT2D eigenvalue weighted by Crippen LogP contribution is -2.46. The van der Waals surface area contributed by atoms with Crippen LogP contribution in [0.1, 0.15) is 39.0 Å². The van der Waals surface area contributed by atoms with E-state index < -0.39 is 22.1 Å². The predicted molar refractivity (Wildman–Crippen MR) is 100 cm³/mol. The van der Waals surface area contributed by atoms with Gasteiger partial charge in [-0.1, -0.05) is 19.8 Å². The van der Waals surface area contributed by atoms with Crippen molar-refractivity contribution in [3.63, 3.8) is 0 Å². The Kier molecular flexibility index (Phi) is 7.85. The molecule has 1 heterocycles. The van der Waals surface area contributed by atoms with Crippen molar-refractivity contribution < 1.29 is 26.4 Å². The average molecular weight is 421 g/mol. The number of alkyl halides is 3. The molecule has 158 valence electrons. The van der Waals surface area contributed by atoms with Crippen LogP contribution in [-0.4, -0.2) is 51.1 Å². The largest absolute Gasteiger partial charge is 0.471 e. The summed E-state index contributed by atoms with van der Waals surface area (Å²) in [7, 11) is -3.79. The molecule has 1 amide bonds. The summed E-state index contributed by atoms with van der Waals surface area (Å²) in [6, 6.07) is 4.74. The zero-order chi connectivity index (χ0) is 20.8. The number of unbranched alkanes of at least 4 members (excludes halogenated alkanes) is 1. The molecule has 0 saturated carbocycles. The van der Waals surface area contributed by atoms with Gasteiger partial charge < -0.3 is 5.32 Å². The van der Waals surface area contributed by atoms with E-state index in [1.807, 2.05) is 0 Å². The number of rotatable bonds is 8. The zero-order valence-electron chi connectivity index (χ0n) is 15.8. The minimum Gasteiger partial charge on any atom is -0.318 e. The fraction of sp³-hybridized carbons (Fsp3) is 0.611. The molecule has 0 aliphatic carbocycles. The second kappa shape index (κ2) is 9.71. The highest BCUT2D eigenvalue weighted by Crippen LogP contribution is 2.21. The molecule has 0 aromatic heterocycles. The summed E-state index contributed by atoms with van der Waals surface area (Å²) in [5, 5.41) is 1.68. The van der Waals surface area contributed by atoms with Crippen LogP contribution in [0.5, 0.6) is 0 Å². The predicted octanol–water partition coefficient (Wildman–Crippen LogP) is 3.12. The van der Waals surface area contributed by atoms with E-state index >= 15 is 0 Å². The van der Waals surface area contributed by atoms with Crippen molar-refractivity contribution >= 4 is 21.6 Å². The van der Waals surface area contributed by atoms with Gasteiger partial charge in [0, 0.05) is 18.3 Å². The van der Waals surface area contributed by atoms with Gasteiger partial charge in [0.25, 0.3) is 0 Å². The van der Waals surface area contributed by atoms with Gasteiger partial charge in [0.05, 0.1) is 4.90 Å². The molecular weight excluding hydrogens is 395 g/mol. The van der Waals surface area contributed by atoms with Gasteiger partial charge in [-0.15, -0.1) is 0 Å². The molecule has 1 fully saturated rings. The summed E-state index contributed by atoms with van der Waals surface area (Å²) in [5.41, 5.74) is -0.126. The standard InChI is InChI=1S/C18H26F3N3O3S/c1-2-3-11-24-12-5-4-6-15(24)13-22-28(26,27)16-9-7-14(8-10-16)23-17(25)18(19,20)21/h7-10,15,22H,2-6,11-13H2,1H3,(H,23,25). The van der Waals surface area contributed by atoms with Gasteiger partial charge in [0.1, 0.15) is 0 Å². The van der Waals surface area contributed by atoms with Crippen LogP contribution >= 0.6 is 0 Å². The van der Waals surface area contributed by atoms with Crippen LogP contribution in [0.15, 0.2) is 29.2 Å². The maximum atomic E-state index is 12.5. The van der Waals surface area contributed by atoms with Gasteiger partial charge in [-0.25, -0.2) is 13.1 Å². The van der Waals surface area contributed by atoms with Crippen LogP contribution in [0.25, 0.3) is 0 Å². The van der Waals surface area contributed by atoms with Crippen LogP contribution < -0.4 is 10.0 Å². The third kappa shape index (κ3) is 6.46. The van der Waals surface area contributed by atoms with Crippen LogP contribution in [-0.2, 0) is 14.8 Å². The molecule has 1 aliphatic heterocycles. The second-order valence-corrected chi connectivity index (χ2v) is 8.63. The molecule has 1 saturated heterocycles. The number of amides is 1. The van der Waals surface area contributed by atoms with Crippen molar-refractivity contribution in [1.82, 2.24) is 9.62 Å². The Balaban J connectivity index is 1.97. The molecule has 0 spiro atoms. The number of nitrogens with one attached hydrogen (secondary N) is 2. The molecule has 1 unspecified atom stereocenters. The Morgan fingerprint density at radius 3 is 2.50 bits per heavy atom. The third-order valence-electron chi connectivity index (χ3n) is 4.74. The van der Waals surface area contributed by atoms with Crippen LogP contribution in [0.4, 0.5) is 18.9 Å². The Bertz CT molecular complexity index is 752. The van der Waals surface area contributed by atoms with Gasteiger partial charge in [0.2, 0.25) is 10.0 Å². The number of carbonyl (C=O) groups is 1. The van der Waals surface area contributed by atoms with Crippen molar-refractivity contribution in [2.24, 2.45) is 0 Å². The first-order chi connectivity index (χ1) is 13.1. The van der Waals surface area contributed by atoms with E-state index in [1.54, 1.807) is 5.32 Å². The number of likely N-dealkylation sites (tertiary alicyclic amines) is 1. The quantitative estimate of drug-likeness (QED) is 0.676. The number of sulfonamides is 1. The zero-order valence-corrected chi connectivity index (χ0v) is 16.6. The van der Waals surface area contributed by atoms with Gasteiger partial charge >= 0.3 is 12.1 Å². The highest BCUT2D eigenvalue weighted by molar-refractivity contribution is 7.89. The lowest BCUT2D eigenvalue weighted by molar-refractivity contribution is -0.167. The first kappa shape index (κ1) is 22.6. The fourth-order valence-corrected chi connectivity index (χ4v) is 4.23. The molecule has 1 aromatic carbocycles. The Hall–Kier alpha value is -1.65. The molecule has 1 atom stereocenters. The van der Waals surface area contributed by atoms with Gasteiger partial charge in [-0.05, 0) is 56.6 Å². The summed E-state index contributed by atoms with van der Waals surface area (Å²) in [5.74, 6) is -2.11. The van der Waals surface area contributed by atoms with Crippen molar-refractivity contribution in [1.29, 1.82) is 0 Å². The lowest BCUT2D eigenvalue weighted by Gasteiger charge is -2.35. The van der Waals surface area contributed by atoms with Crippen LogP contribution in [0.2, 0.25) is 0 Å². The Morgan fingerprint density at radius 2 is 1.89 bits per heavy atom. The van der Waals surface area contributed by atoms with E-state index in [0.29, 0.717) is 6.54 Å². The van der Waals surface area contributed by atoms with Crippen molar-refractivity contribution in [3.05, 3.63) is 24.3 Å². The number of piperidine rings is 1. The maximum Gasteiger partial charge on any atom is 0.471 e. The third-order valence-corrected chi connectivity index (χ3v) is 6.18. The van der Waals surface area contributed by atoms with Crippen molar-refractivity contribution in [2.75, 3.05) is 25.0 Å². The number of nitrogens with zero attached hydrogens (tertiary/aromatic N) is 1. The molecule has 2 rings (SSSR count). The van der Waals surface area contributed by atoms with E-state index in [2.05, 4.69) is 16.5 Å². The number of hydrogen-bond acceptors (Lipinski definition) is 4. The smallest absolute Gasteiger partial charge is 0.318 e. The number of anilines is 1. The topological polar surface area (TPSA) is 78.5 Å². The molecule has 28 heavy (non-hydrogen) atoms. The fourth-order valence-electron chi connectivity index (χ4n) is 3.16. The normalized spacial score (nSPS) is 18.8. The number of halogens is 3. The molecule has 2 N–H and O–H groups in total. The van der Waals surface area contributed by atoms with Gasteiger partial charge in [-0.3, -0.25) is 9.69 Å². The second-order valence-electron chi connectivity index (χ2n) is 6.87. The first-order valence-corrected chi connectivity index (χ1v) is 10.8. The number of benzene rings is 1. The van der Waals surface area contributed by atoms with Gasteiger partial charge in [-0.2, -0.15) is 13.2 Å². The maximum absolute atomic E-state index is 12.5. The summed E-state index contributed by atoms with van der Waals surface area (Å²) < 4.78 is 64.4. The molecule has 10 heteroatoms. The van der Waals surface area contributed by atoms with Gasteiger partial charge in [0.15, 0.2) is 0 Å². The number of carbonyl (C=O) groups excluding carboxylic acids is 1. The summed E-state index contributed by atoms with van der Waals surface area (Å²) >= 11 is 0. The van der Waals surface area contributed by atoms with Crippen molar-refractivity contribution in [3.8, 4) is 0 Å². The molecule has 1 aromatic rings. The minimum atomic E-state index is -5.00. The van der Waals surface area contributed by atoms with Crippen molar-refractivity contribution in [2.45, 2.75) is 56.1 Å². The Labute approximate surface area is 163 Å². The molecule has 0 bridgehead atoms. The van der Waals surface area contributed by atoms with E-state index in [4.69, 9.17) is 0 Å². The van der Waals surface area contributed by atoms with E-state index in [1.165, 1.54) is 12.1 Å². The van der Waals surface area contributed by atoms with Crippen LogP contribution in [0.3, 0.4) is 0 Å². The summed E-state index contributed by atoms with van der Waals surface area (Å²) in [6.45, 7) is 4.30. The lowest BCUT2D eigenvalue weighted by atomic mass is 10.0. The SMILES string of the molecule is CCCCN1CCCCC1CNS(=O)(=O)c1ccc(NC(=O)C(F)(F)F)cc1. The highest BCUT2D eigenvalue weighted by atomic mass is 32.2. The molecule has 1 aliphatic rings. The molecular formula is C18H26F3N3O3S. The number of hydrogen-bond donors (Lipinski definition) is 2. The first-order valence-electron chi connectivity index (χ1n) is 9.35. The molecule has 0 radical (unpaired) electrons. The van der Waals surface area contributed by atoms with E-state index in [9.17, 15) is 26.4 Å². The highest BCUT2D eigenvalue weighted by Gasteiger charge is 2.38. The Morgan fingerprint density at radius 1 is 1.21 bits per heavy atom. The summed E-state index contributed by atoms with van der Waals surface area (Å²) in [6.07, 6.45) is 0.228.